The van der Waals surface area contributed by atoms with Crippen molar-refractivity contribution >= 4 is 19.7 Å². The minimum absolute atomic E-state index is 0.0159. The molecular weight excluding hydrogens is 737 g/mol. The number of allylic oxidation sites excluding steroid dienone is 17. The Morgan fingerprint density at radius 2 is 1.04 bits per heavy atom. The number of carbonyl (C=O) groups excluding carboxylic acids is 2. The number of esters is 1. The molecule has 0 rings (SSSR count). The molecule has 0 aromatic rings. The molecule has 0 spiro atoms. The van der Waals surface area contributed by atoms with E-state index < -0.39 is 26.5 Å². The maximum atomic E-state index is 12.1. The first-order valence-corrected chi connectivity index (χ1v) is 22.9. The number of nitrogens with one attached hydrogen (secondary N) is 1. The summed E-state index contributed by atoms with van der Waals surface area (Å²) in [7, 11) is -4.45. The van der Waals surface area contributed by atoms with E-state index in [1.54, 1.807) is 6.08 Å². The molecule has 0 saturated carbocycles. The summed E-state index contributed by atoms with van der Waals surface area (Å²) in [5, 5.41) is 12.6. The second-order valence-electron chi connectivity index (χ2n) is 13.6. The number of unbranched alkanes of at least 4 members (excludes halogenated alkanes) is 8. The van der Waals surface area contributed by atoms with Crippen LogP contribution in [0.25, 0.3) is 0 Å². The lowest BCUT2D eigenvalue weighted by Crippen LogP contribution is -2.26. The Hall–Kier alpha value is -3.33. The molecule has 57 heavy (non-hydrogen) atoms. The van der Waals surface area contributed by atoms with E-state index in [9.17, 15) is 24.2 Å². The van der Waals surface area contributed by atoms with Crippen molar-refractivity contribution in [1.82, 2.24) is 5.32 Å². The number of hydrogen-bond donors (Lipinski definition) is 3. The Balaban J connectivity index is 3.79. The van der Waals surface area contributed by atoms with Crippen molar-refractivity contribution in [3.05, 3.63) is 109 Å². The molecule has 0 saturated heterocycles. The van der Waals surface area contributed by atoms with Gasteiger partial charge in [-0.2, -0.15) is 0 Å². The standard InChI is InChI=1S/C47H76NO8P/c1-3-5-7-9-11-13-15-17-19-20-21-22-23-24-26-27-29-31-33-35-37-39-46(50)48-41-42-55-57(52,53)56-44-45(49)43-54-47(51)40-38-36-34-32-30-28-25-18-16-14-12-10-8-6-4-2/h5,7,11-14,17-19,21-22,24-26,29,31,35,37,45,49H,3-4,6,8-10,15-16,20,23,27-28,30,32-34,36,38-44H2,1-2H3,(H,48,50)(H,52,53)/b7-5-,13-11-,14-12-,19-17-,22-21-,25-18-,26-24-,31-29-,37-35-. The van der Waals surface area contributed by atoms with Crippen molar-refractivity contribution < 1.29 is 37.9 Å². The highest BCUT2D eigenvalue weighted by atomic mass is 31.2. The molecule has 322 valence electrons. The summed E-state index contributed by atoms with van der Waals surface area (Å²) in [6.45, 7) is 3.24. The highest BCUT2D eigenvalue weighted by Crippen LogP contribution is 2.42. The molecule has 0 aromatic carbocycles. The van der Waals surface area contributed by atoms with Gasteiger partial charge in [0.15, 0.2) is 0 Å². The molecule has 2 atom stereocenters. The first-order chi connectivity index (χ1) is 27.8. The van der Waals surface area contributed by atoms with Gasteiger partial charge >= 0.3 is 13.8 Å². The zero-order valence-electron chi connectivity index (χ0n) is 35.2. The maximum absolute atomic E-state index is 12.1. The number of phosphoric ester groups is 1. The summed E-state index contributed by atoms with van der Waals surface area (Å²) >= 11 is 0. The highest BCUT2D eigenvalue weighted by molar-refractivity contribution is 7.47. The Labute approximate surface area is 346 Å². The number of carbonyl (C=O) groups is 2. The highest BCUT2D eigenvalue weighted by Gasteiger charge is 2.23. The van der Waals surface area contributed by atoms with Crippen molar-refractivity contribution in [2.75, 3.05) is 26.4 Å². The molecule has 0 heterocycles. The van der Waals surface area contributed by atoms with Crippen LogP contribution in [-0.2, 0) is 27.9 Å². The van der Waals surface area contributed by atoms with Crippen LogP contribution in [0.4, 0.5) is 0 Å². The van der Waals surface area contributed by atoms with Gasteiger partial charge < -0.3 is 20.1 Å². The number of aliphatic hydroxyl groups is 1. The molecule has 0 fully saturated rings. The van der Waals surface area contributed by atoms with E-state index >= 15 is 0 Å². The second-order valence-corrected chi connectivity index (χ2v) is 15.0. The zero-order chi connectivity index (χ0) is 41.8. The molecule has 9 nitrogen and oxygen atoms in total. The average Bonchev–Trinajstić information content (AvgIpc) is 3.20. The number of hydrogen-bond acceptors (Lipinski definition) is 7. The van der Waals surface area contributed by atoms with Crippen LogP contribution in [-0.4, -0.2) is 54.3 Å². The fourth-order valence-corrected chi connectivity index (χ4v) is 5.77. The molecule has 0 aliphatic heterocycles. The first kappa shape index (κ1) is 53.7. The minimum Gasteiger partial charge on any atom is -0.463 e. The predicted octanol–water partition coefficient (Wildman–Crippen LogP) is 12.0. The lowest BCUT2D eigenvalue weighted by molar-refractivity contribution is -0.147. The number of ether oxygens (including phenoxy) is 1. The summed E-state index contributed by atoms with van der Waals surface area (Å²) in [6.07, 6.45) is 56.1. The van der Waals surface area contributed by atoms with E-state index in [-0.39, 0.29) is 38.5 Å². The van der Waals surface area contributed by atoms with Crippen LogP contribution in [0.5, 0.6) is 0 Å². The van der Waals surface area contributed by atoms with Crippen molar-refractivity contribution in [2.45, 2.75) is 148 Å². The largest absolute Gasteiger partial charge is 0.472 e. The number of phosphoric acid groups is 1. The Bertz CT molecular complexity index is 1290. The van der Waals surface area contributed by atoms with Crippen molar-refractivity contribution in [3.8, 4) is 0 Å². The van der Waals surface area contributed by atoms with Gasteiger partial charge in [-0.3, -0.25) is 18.6 Å². The van der Waals surface area contributed by atoms with E-state index in [2.05, 4.69) is 110 Å². The van der Waals surface area contributed by atoms with Gasteiger partial charge in [0, 0.05) is 19.4 Å². The number of aliphatic hydroxyl groups excluding tert-OH is 1. The molecule has 10 heteroatoms. The molecule has 3 N–H and O–H groups in total. The molecular formula is C47H76NO8P. The Kier molecular flexibility index (Phi) is 39.8. The van der Waals surface area contributed by atoms with Gasteiger partial charge in [0.1, 0.15) is 12.7 Å². The molecule has 0 aliphatic rings. The van der Waals surface area contributed by atoms with Crippen LogP contribution in [0.3, 0.4) is 0 Å². The van der Waals surface area contributed by atoms with Gasteiger partial charge in [0.2, 0.25) is 5.91 Å². The van der Waals surface area contributed by atoms with Crippen molar-refractivity contribution in [2.24, 2.45) is 0 Å². The van der Waals surface area contributed by atoms with Gasteiger partial charge in [-0.15, -0.1) is 0 Å². The first-order valence-electron chi connectivity index (χ1n) is 21.4. The van der Waals surface area contributed by atoms with E-state index in [4.69, 9.17) is 13.8 Å². The third kappa shape index (κ3) is 43.6. The predicted molar refractivity (Wildman–Crippen MR) is 238 cm³/mol. The van der Waals surface area contributed by atoms with Crippen molar-refractivity contribution in [3.63, 3.8) is 0 Å². The summed E-state index contributed by atoms with van der Waals surface area (Å²) in [5.74, 6) is -0.675. The average molecular weight is 814 g/mol. The normalized spacial score (nSPS) is 14.4. The Morgan fingerprint density at radius 1 is 0.579 bits per heavy atom. The summed E-state index contributed by atoms with van der Waals surface area (Å²) in [4.78, 5) is 33.8. The van der Waals surface area contributed by atoms with E-state index in [1.807, 2.05) is 12.2 Å². The fraction of sp³-hybridized carbons (Fsp3) is 0.574. The fourth-order valence-electron chi connectivity index (χ4n) is 5.01. The summed E-state index contributed by atoms with van der Waals surface area (Å²) in [6, 6.07) is 0. The molecule has 0 bridgehead atoms. The minimum atomic E-state index is -4.45. The molecule has 0 aromatic heterocycles. The quantitative estimate of drug-likeness (QED) is 0.0243. The van der Waals surface area contributed by atoms with Crippen LogP contribution >= 0.6 is 7.82 Å². The summed E-state index contributed by atoms with van der Waals surface area (Å²) in [5.41, 5.74) is 0. The lowest BCUT2D eigenvalue weighted by atomic mass is 10.1. The topological polar surface area (TPSA) is 131 Å². The maximum Gasteiger partial charge on any atom is 0.472 e. The molecule has 0 radical (unpaired) electrons. The van der Waals surface area contributed by atoms with E-state index in [1.165, 1.54) is 25.7 Å². The van der Waals surface area contributed by atoms with Crippen LogP contribution < -0.4 is 5.32 Å². The monoisotopic (exact) mass is 814 g/mol. The third-order valence-electron chi connectivity index (χ3n) is 8.22. The van der Waals surface area contributed by atoms with E-state index in [0.717, 1.165) is 77.0 Å². The summed E-state index contributed by atoms with van der Waals surface area (Å²) < 4.78 is 26.8. The number of rotatable bonds is 38. The van der Waals surface area contributed by atoms with Crippen LogP contribution in [0, 0.1) is 0 Å². The van der Waals surface area contributed by atoms with Crippen LogP contribution in [0.1, 0.15) is 142 Å². The van der Waals surface area contributed by atoms with E-state index in [0.29, 0.717) is 12.8 Å². The van der Waals surface area contributed by atoms with Gasteiger partial charge in [0.25, 0.3) is 0 Å². The zero-order valence-corrected chi connectivity index (χ0v) is 36.1. The smallest absolute Gasteiger partial charge is 0.463 e. The third-order valence-corrected chi connectivity index (χ3v) is 9.20. The SMILES string of the molecule is CC/C=C\C/C=C\C/C=C\C/C=C\C/C=C\C/C=C\C/C=C\CC(=O)NCCOP(=O)(O)OCC(O)COC(=O)CCCCCCC/C=C\C/C=C\CCCCC. The lowest BCUT2D eigenvalue weighted by Gasteiger charge is -2.15. The van der Waals surface area contributed by atoms with Gasteiger partial charge in [-0.25, -0.2) is 4.57 Å². The van der Waals surface area contributed by atoms with Gasteiger partial charge in [-0.1, -0.05) is 155 Å². The second kappa shape index (κ2) is 42.3. The van der Waals surface area contributed by atoms with Crippen molar-refractivity contribution in [1.29, 1.82) is 0 Å². The Morgan fingerprint density at radius 3 is 1.56 bits per heavy atom. The molecule has 0 aliphatic carbocycles. The van der Waals surface area contributed by atoms with Gasteiger partial charge in [-0.05, 0) is 83.5 Å². The van der Waals surface area contributed by atoms with Gasteiger partial charge in [0.05, 0.1) is 13.2 Å². The van der Waals surface area contributed by atoms with Crippen LogP contribution in [0.2, 0.25) is 0 Å². The molecule has 1 amide bonds. The van der Waals surface area contributed by atoms with Crippen LogP contribution in [0.15, 0.2) is 109 Å². The number of amides is 1. The molecule has 2 unspecified atom stereocenters.